The molecule has 2 amide bonds. The molecule has 1 aromatic carbocycles. The van der Waals surface area contributed by atoms with Crippen molar-refractivity contribution < 1.29 is 14.3 Å². The Morgan fingerprint density at radius 2 is 1.81 bits per heavy atom. The standard InChI is InChI=1S/C20H29ClN2O3/c1-13(2)9-18(24)22-16-5-7-23(8-6-16)19(25)12-26-17-10-14(3)20(21)15(4)11-17/h10-11,13,16H,5-9,12H2,1-4H3,(H,22,24). The van der Waals surface area contributed by atoms with Crippen molar-refractivity contribution >= 4 is 23.4 Å². The van der Waals surface area contributed by atoms with Gasteiger partial charge in [0, 0.05) is 30.6 Å². The van der Waals surface area contributed by atoms with Gasteiger partial charge in [0.15, 0.2) is 6.61 Å². The number of nitrogens with zero attached hydrogens (tertiary/aromatic N) is 1. The van der Waals surface area contributed by atoms with Gasteiger partial charge in [0.1, 0.15) is 5.75 Å². The van der Waals surface area contributed by atoms with E-state index in [1.807, 2.05) is 39.8 Å². The summed E-state index contributed by atoms with van der Waals surface area (Å²) in [7, 11) is 0. The number of carbonyl (C=O) groups is 2. The SMILES string of the molecule is Cc1cc(OCC(=O)N2CCC(NC(=O)CC(C)C)CC2)cc(C)c1Cl. The molecule has 5 nitrogen and oxygen atoms in total. The van der Waals surface area contributed by atoms with Gasteiger partial charge in [-0.25, -0.2) is 0 Å². The number of aryl methyl sites for hydroxylation is 2. The second kappa shape index (κ2) is 9.26. The molecular weight excluding hydrogens is 352 g/mol. The zero-order valence-electron chi connectivity index (χ0n) is 16.1. The average molecular weight is 381 g/mol. The molecule has 0 aromatic heterocycles. The molecule has 6 heteroatoms. The van der Waals surface area contributed by atoms with Crippen LogP contribution in [-0.4, -0.2) is 42.5 Å². The van der Waals surface area contributed by atoms with Crippen LogP contribution in [0.2, 0.25) is 5.02 Å². The number of piperidine rings is 1. The molecular formula is C20H29ClN2O3. The Labute approximate surface area is 161 Å². The van der Waals surface area contributed by atoms with Crippen LogP contribution in [0.5, 0.6) is 5.75 Å². The Morgan fingerprint density at radius 3 is 2.35 bits per heavy atom. The fourth-order valence-electron chi connectivity index (χ4n) is 3.16. The zero-order valence-corrected chi connectivity index (χ0v) is 16.9. The third kappa shape index (κ3) is 5.90. The molecule has 1 aliphatic heterocycles. The van der Waals surface area contributed by atoms with Gasteiger partial charge in [-0.3, -0.25) is 9.59 Å². The first-order valence-electron chi connectivity index (χ1n) is 9.23. The molecule has 2 rings (SSSR count). The van der Waals surface area contributed by atoms with Gasteiger partial charge in [-0.15, -0.1) is 0 Å². The number of amides is 2. The first kappa shape index (κ1) is 20.6. The summed E-state index contributed by atoms with van der Waals surface area (Å²) < 4.78 is 5.65. The second-order valence-electron chi connectivity index (χ2n) is 7.48. The Hall–Kier alpha value is -1.75. The predicted molar refractivity (Wildman–Crippen MR) is 104 cm³/mol. The number of likely N-dealkylation sites (tertiary alicyclic amines) is 1. The molecule has 26 heavy (non-hydrogen) atoms. The lowest BCUT2D eigenvalue weighted by molar-refractivity contribution is -0.134. The molecule has 0 bridgehead atoms. The van der Waals surface area contributed by atoms with Crippen molar-refractivity contribution in [2.75, 3.05) is 19.7 Å². The summed E-state index contributed by atoms with van der Waals surface area (Å²) in [5.74, 6) is 1.09. The smallest absolute Gasteiger partial charge is 0.260 e. The maximum atomic E-state index is 12.4. The average Bonchev–Trinajstić information content (AvgIpc) is 2.57. The van der Waals surface area contributed by atoms with Gasteiger partial charge in [0.2, 0.25) is 5.91 Å². The quantitative estimate of drug-likeness (QED) is 0.821. The normalized spacial score (nSPS) is 15.2. The number of benzene rings is 1. The molecule has 1 aliphatic rings. The van der Waals surface area contributed by atoms with Gasteiger partial charge >= 0.3 is 0 Å². The number of nitrogens with one attached hydrogen (secondary N) is 1. The molecule has 1 aromatic rings. The van der Waals surface area contributed by atoms with Crippen molar-refractivity contribution in [1.82, 2.24) is 10.2 Å². The summed E-state index contributed by atoms with van der Waals surface area (Å²) in [6.45, 7) is 9.21. The van der Waals surface area contributed by atoms with Crippen LogP contribution in [0.3, 0.4) is 0 Å². The van der Waals surface area contributed by atoms with Crippen molar-refractivity contribution in [1.29, 1.82) is 0 Å². The lowest BCUT2D eigenvalue weighted by atomic mass is 10.0. The first-order chi connectivity index (χ1) is 12.3. The van der Waals surface area contributed by atoms with Crippen LogP contribution in [0.25, 0.3) is 0 Å². The molecule has 1 heterocycles. The molecule has 144 valence electrons. The zero-order chi connectivity index (χ0) is 19.3. The summed E-state index contributed by atoms with van der Waals surface area (Å²) in [5, 5.41) is 3.79. The molecule has 0 unspecified atom stereocenters. The topological polar surface area (TPSA) is 58.6 Å². The van der Waals surface area contributed by atoms with Crippen molar-refractivity contribution in [2.45, 2.75) is 53.0 Å². The molecule has 1 N–H and O–H groups in total. The lowest BCUT2D eigenvalue weighted by Crippen LogP contribution is -2.47. The van der Waals surface area contributed by atoms with Gasteiger partial charge in [-0.1, -0.05) is 25.4 Å². The van der Waals surface area contributed by atoms with Gasteiger partial charge in [0.25, 0.3) is 5.91 Å². The second-order valence-corrected chi connectivity index (χ2v) is 7.86. The van der Waals surface area contributed by atoms with Gasteiger partial charge < -0.3 is 15.0 Å². The number of carbonyl (C=O) groups excluding carboxylic acids is 2. The largest absolute Gasteiger partial charge is 0.484 e. The third-order valence-electron chi connectivity index (χ3n) is 4.58. The number of ether oxygens (including phenoxy) is 1. The molecule has 0 spiro atoms. The number of hydrogen-bond donors (Lipinski definition) is 1. The third-order valence-corrected chi connectivity index (χ3v) is 5.17. The molecule has 0 saturated carbocycles. The molecule has 0 aliphatic carbocycles. The van der Waals surface area contributed by atoms with E-state index >= 15 is 0 Å². The highest BCUT2D eigenvalue weighted by atomic mass is 35.5. The van der Waals surface area contributed by atoms with Crippen LogP contribution in [0.1, 0.15) is 44.2 Å². The number of halogens is 1. The Balaban J connectivity index is 1.77. The summed E-state index contributed by atoms with van der Waals surface area (Å²) in [4.78, 5) is 26.0. The van der Waals surface area contributed by atoms with E-state index in [0.29, 0.717) is 31.2 Å². The van der Waals surface area contributed by atoms with Crippen LogP contribution in [-0.2, 0) is 9.59 Å². The summed E-state index contributed by atoms with van der Waals surface area (Å²) in [6.07, 6.45) is 2.12. The monoisotopic (exact) mass is 380 g/mol. The van der Waals surface area contributed by atoms with Gasteiger partial charge in [-0.05, 0) is 55.9 Å². The molecule has 0 radical (unpaired) electrons. The summed E-state index contributed by atoms with van der Waals surface area (Å²) >= 11 is 6.15. The van der Waals surface area contributed by atoms with Crippen molar-refractivity contribution in [3.05, 3.63) is 28.3 Å². The van der Waals surface area contributed by atoms with E-state index < -0.39 is 0 Å². The highest BCUT2D eigenvalue weighted by Gasteiger charge is 2.24. The van der Waals surface area contributed by atoms with Gasteiger partial charge in [0.05, 0.1) is 0 Å². The summed E-state index contributed by atoms with van der Waals surface area (Å²) in [5.41, 5.74) is 1.87. The molecule has 0 atom stereocenters. The van der Waals surface area contributed by atoms with Crippen LogP contribution in [0.4, 0.5) is 0 Å². The lowest BCUT2D eigenvalue weighted by Gasteiger charge is -2.32. The van der Waals surface area contributed by atoms with E-state index in [4.69, 9.17) is 16.3 Å². The van der Waals surface area contributed by atoms with Crippen molar-refractivity contribution in [2.24, 2.45) is 5.92 Å². The minimum Gasteiger partial charge on any atom is -0.484 e. The highest BCUT2D eigenvalue weighted by molar-refractivity contribution is 6.32. The fourth-order valence-corrected chi connectivity index (χ4v) is 3.27. The predicted octanol–water partition coefficient (Wildman–Crippen LogP) is 3.49. The first-order valence-corrected chi connectivity index (χ1v) is 9.60. The number of hydrogen-bond acceptors (Lipinski definition) is 3. The molecule has 1 fully saturated rings. The van der Waals surface area contributed by atoms with E-state index in [0.717, 1.165) is 29.0 Å². The molecule has 1 saturated heterocycles. The van der Waals surface area contributed by atoms with E-state index in [1.54, 1.807) is 4.90 Å². The maximum absolute atomic E-state index is 12.4. The van der Waals surface area contributed by atoms with Crippen molar-refractivity contribution in [3.8, 4) is 5.75 Å². The van der Waals surface area contributed by atoms with E-state index in [9.17, 15) is 9.59 Å². The Bertz CT molecular complexity index is 629. The van der Waals surface area contributed by atoms with E-state index in [-0.39, 0.29) is 24.5 Å². The van der Waals surface area contributed by atoms with E-state index in [2.05, 4.69) is 5.32 Å². The maximum Gasteiger partial charge on any atom is 0.260 e. The van der Waals surface area contributed by atoms with Crippen molar-refractivity contribution in [3.63, 3.8) is 0 Å². The van der Waals surface area contributed by atoms with Crippen LogP contribution >= 0.6 is 11.6 Å². The van der Waals surface area contributed by atoms with E-state index in [1.165, 1.54) is 0 Å². The Kier molecular flexibility index (Phi) is 7.33. The fraction of sp³-hybridized carbons (Fsp3) is 0.600. The number of rotatable bonds is 6. The Morgan fingerprint density at radius 1 is 1.23 bits per heavy atom. The minimum atomic E-state index is -0.0257. The summed E-state index contributed by atoms with van der Waals surface area (Å²) in [6, 6.07) is 3.85. The minimum absolute atomic E-state index is 0.0187. The van der Waals surface area contributed by atoms with Crippen LogP contribution in [0, 0.1) is 19.8 Å². The van der Waals surface area contributed by atoms with Crippen LogP contribution in [0.15, 0.2) is 12.1 Å². The van der Waals surface area contributed by atoms with Gasteiger partial charge in [-0.2, -0.15) is 0 Å². The highest BCUT2D eigenvalue weighted by Crippen LogP contribution is 2.26. The van der Waals surface area contributed by atoms with Crippen LogP contribution < -0.4 is 10.1 Å².